The summed E-state index contributed by atoms with van der Waals surface area (Å²) in [6, 6.07) is 12.5. The molecule has 1 aliphatic rings. The summed E-state index contributed by atoms with van der Waals surface area (Å²) in [6.45, 7) is 0.212. The highest BCUT2D eigenvalue weighted by atomic mass is 35.5. The lowest BCUT2D eigenvalue weighted by Gasteiger charge is -2.13. The second-order valence-electron chi connectivity index (χ2n) is 5.37. The van der Waals surface area contributed by atoms with Crippen molar-refractivity contribution in [2.75, 3.05) is 11.9 Å². The number of benzene rings is 1. The van der Waals surface area contributed by atoms with Gasteiger partial charge in [0.1, 0.15) is 10.1 Å². The van der Waals surface area contributed by atoms with Crippen molar-refractivity contribution in [2.24, 2.45) is 0 Å². The molecule has 0 spiro atoms. The summed E-state index contributed by atoms with van der Waals surface area (Å²) >= 11 is 12.6. The molecule has 1 aliphatic heterocycles. The summed E-state index contributed by atoms with van der Waals surface area (Å²) in [5.41, 5.74) is 0.752. The first kappa shape index (κ1) is 18.6. The van der Waals surface area contributed by atoms with Crippen LogP contribution in [0.1, 0.15) is 12.0 Å². The van der Waals surface area contributed by atoms with Crippen molar-refractivity contribution >= 4 is 63.6 Å². The second-order valence-corrected chi connectivity index (χ2v) is 7.45. The van der Waals surface area contributed by atoms with Gasteiger partial charge in [0.2, 0.25) is 5.91 Å². The Morgan fingerprint density at radius 3 is 2.77 bits per heavy atom. The summed E-state index contributed by atoms with van der Waals surface area (Å²) in [4.78, 5) is 30.5. The molecule has 0 atom stereocenters. The topological polar surface area (TPSA) is 62.3 Å². The van der Waals surface area contributed by atoms with E-state index in [0.717, 1.165) is 5.56 Å². The molecule has 2 amide bonds. The summed E-state index contributed by atoms with van der Waals surface area (Å²) in [5, 5.41) is 3.25. The van der Waals surface area contributed by atoms with E-state index in [-0.39, 0.29) is 24.8 Å². The van der Waals surface area contributed by atoms with Gasteiger partial charge in [-0.2, -0.15) is 0 Å². The lowest BCUT2D eigenvalue weighted by Crippen LogP contribution is -2.31. The van der Waals surface area contributed by atoms with Crippen molar-refractivity contribution in [1.29, 1.82) is 0 Å². The number of rotatable bonds is 5. The van der Waals surface area contributed by atoms with Crippen molar-refractivity contribution in [3.8, 4) is 0 Å². The average Bonchev–Trinajstić information content (AvgIpc) is 2.89. The minimum atomic E-state index is -0.229. The van der Waals surface area contributed by atoms with Gasteiger partial charge in [-0.3, -0.25) is 14.5 Å². The fourth-order valence-electron chi connectivity index (χ4n) is 2.28. The van der Waals surface area contributed by atoms with Gasteiger partial charge in [-0.25, -0.2) is 4.98 Å². The molecule has 1 saturated heterocycles. The third kappa shape index (κ3) is 4.49. The molecule has 1 aromatic heterocycles. The molecular weight excluding hydrogens is 390 g/mol. The highest BCUT2D eigenvalue weighted by molar-refractivity contribution is 8.26. The Hall–Kier alpha value is -2.22. The maximum atomic E-state index is 12.6. The first-order chi connectivity index (χ1) is 12.5. The summed E-state index contributed by atoms with van der Waals surface area (Å²) in [5.74, 6) is 0.0277. The van der Waals surface area contributed by atoms with Gasteiger partial charge in [0.25, 0.3) is 5.91 Å². The van der Waals surface area contributed by atoms with Gasteiger partial charge >= 0.3 is 0 Å². The van der Waals surface area contributed by atoms with Gasteiger partial charge in [-0.1, -0.05) is 59.8 Å². The molecule has 0 aliphatic carbocycles. The number of carbonyl (C=O) groups excluding carboxylic acids is 2. The molecule has 26 heavy (non-hydrogen) atoms. The summed E-state index contributed by atoms with van der Waals surface area (Å²) < 4.78 is 0.430. The molecular formula is C18H14ClN3O2S2. The molecule has 2 aromatic rings. The molecule has 0 bridgehead atoms. The number of carbonyl (C=O) groups is 2. The second kappa shape index (κ2) is 8.44. The number of halogens is 1. The van der Waals surface area contributed by atoms with E-state index in [2.05, 4.69) is 10.3 Å². The number of thiocarbonyl (C=S) groups is 1. The van der Waals surface area contributed by atoms with Crippen LogP contribution in [0.4, 0.5) is 5.82 Å². The average molecular weight is 404 g/mol. The van der Waals surface area contributed by atoms with E-state index < -0.39 is 0 Å². The van der Waals surface area contributed by atoms with Crippen LogP contribution in [0.5, 0.6) is 0 Å². The van der Waals surface area contributed by atoms with E-state index in [1.165, 1.54) is 16.7 Å². The summed E-state index contributed by atoms with van der Waals surface area (Å²) in [7, 11) is 0. The number of nitrogens with zero attached hydrogens (tertiary/aromatic N) is 2. The first-order valence-electron chi connectivity index (χ1n) is 7.75. The molecule has 1 aromatic carbocycles. The van der Waals surface area contributed by atoms with Gasteiger partial charge < -0.3 is 5.32 Å². The van der Waals surface area contributed by atoms with Crippen molar-refractivity contribution in [3.05, 3.63) is 64.2 Å². The zero-order chi connectivity index (χ0) is 18.5. The predicted molar refractivity (Wildman–Crippen MR) is 109 cm³/mol. The molecule has 0 unspecified atom stereocenters. The fourth-order valence-corrected chi connectivity index (χ4v) is 3.77. The first-order valence-corrected chi connectivity index (χ1v) is 9.35. The predicted octanol–water partition coefficient (Wildman–Crippen LogP) is 3.97. The van der Waals surface area contributed by atoms with Crippen LogP contribution in [0.3, 0.4) is 0 Å². The minimum Gasteiger partial charge on any atom is -0.311 e. The Morgan fingerprint density at radius 1 is 1.27 bits per heavy atom. The van der Waals surface area contributed by atoms with E-state index >= 15 is 0 Å². The molecule has 5 nitrogen and oxygen atoms in total. The molecule has 0 radical (unpaired) electrons. The standard InChI is InChI=1S/C18H14ClN3O2S2/c19-13-6-2-1-5-12(13)11-14-17(24)22(18(25)26-14)10-8-16(23)21-15-7-3-4-9-20-15/h1-7,9,11H,8,10H2,(H,20,21,23)/b14-11-. The largest absolute Gasteiger partial charge is 0.311 e. The quantitative estimate of drug-likeness (QED) is 0.604. The molecule has 132 valence electrons. The lowest BCUT2D eigenvalue weighted by atomic mass is 10.2. The monoisotopic (exact) mass is 403 g/mol. The summed E-state index contributed by atoms with van der Waals surface area (Å²) in [6.07, 6.45) is 3.44. The van der Waals surface area contributed by atoms with Crippen molar-refractivity contribution in [1.82, 2.24) is 9.88 Å². The van der Waals surface area contributed by atoms with E-state index in [1.807, 2.05) is 18.2 Å². The lowest BCUT2D eigenvalue weighted by molar-refractivity contribution is -0.122. The van der Waals surface area contributed by atoms with E-state index in [0.29, 0.717) is 20.1 Å². The van der Waals surface area contributed by atoms with Crippen LogP contribution < -0.4 is 5.32 Å². The zero-order valence-electron chi connectivity index (χ0n) is 13.5. The Balaban J connectivity index is 1.62. The van der Waals surface area contributed by atoms with E-state index in [4.69, 9.17) is 23.8 Å². The molecule has 3 rings (SSSR count). The molecule has 1 fully saturated rings. The van der Waals surface area contributed by atoms with E-state index in [1.54, 1.807) is 36.5 Å². The van der Waals surface area contributed by atoms with Gasteiger partial charge in [-0.05, 0) is 29.8 Å². The number of hydrogen-bond acceptors (Lipinski definition) is 5. The van der Waals surface area contributed by atoms with Gasteiger partial charge in [0.05, 0.1) is 4.91 Å². The van der Waals surface area contributed by atoms with E-state index in [9.17, 15) is 9.59 Å². The highest BCUT2D eigenvalue weighted by Crippen LogP contribution is 2.33. The third-order valence-electron chi connectivity index (χ3n) is 3.56. The van der Waals surface area contributed by atoms with Crippen molar-refractivity contribution < 1.29 is 9.59 Å². The van der Waals surface area contributed by atoms with Crippen LogP contribution >= 0.6 is 35.6 Å². The number of thioether (sulfide) groups is 1. The maximum absolute atomic E-state index is 12.6. The number of amides is 2. The van der Waals surface area contributed by atoms with Crippen LogP contribution in [0.25, 0.3) is 6.08 Å². The zero-order valence-corrected chi connectivity index (χ0v) is 15.9. The highest BCUT2D eigenvalue weighted by Gasteiger charge is 2.32. The number of nitrogens with one attached hydrogen (secondary N) is 1. The number of aromatic nitrogens is 1. The van der Waals surface area contributed by atoms with Crippen molar-refractivity contribution in [2.45, 2.75) is 6.42 Å². The van der Waals surface area contributed by atoms with Gasteiger partial charge in [0.15, 0.2) is 0 Å². The minimum absolute atomic E-state index is 0.127. The Bertz CT molecular complexity index is 887. The van der Waals surface area contributed by atoms with Crippen LogP contribution in [0.2, 0.25) is 5.02 Å². The van der Waals surface area contributed by atoms with Crippen LogP contribution in [-0.4, -0.2) is 32.6 Å². The SMILES string of the molecule is O=C(CCN1C(=O)/C(=C/c2ccccc2Cl)SC1=S)Nc1ccccn1. The molecule has 0 saturated carbocycles. The third-order valence-corrected chi connectivity index (χ3v) is 5.28. The molecule has 1 N–H and O–H groups in total. The maximum Gasteiger partial charge on any atom is 0.266 e. The molecule has 2 heterocycles. The van der Waals surface area contributed by atoms with Gasteiger partial charge in [-0.15, -0.1) is 0 Å². The Morgan fingerprint density at radius 2 is 2.04 bits per heavy atom. The number of pyridine rings is 1. The van der Waals surface area contributed by atoms with Gasteiger partial charge in [0, 0.05) is 24.2 Å². The smallest absolute Gasteiger partial charge is 0.266 e. The molecule has 8 heteroatoms. The van der Waals surface area contributed by atoms with Crippen LogP contribution in [0.15, 0.2) is 53.6 Å². The Kier molecular flexibility index (Phi) is 6.03. The van der Waals surface area contributed by atoms with Crippen molar-refractivity contribution in [3.63, 3.8) is 0 Å². The van der Waals surface area contributed by atoms with Crippen LogP contribution in [0, 0.1) is 0 Å². The van der Waals surface area contributed by atoms with Crippen LogP contribution in [-0.2, 0) is 9.59 Å². The number of hydrogen-bond donors (Lipinski definition) is 1. The number of anilines is 1. The Labute approximate surface area is 165 Å². The normalized spacial score (nSPS) is 15.6. The fraction of sp³-hybridized carbons (Fsp3) is 0.111.